The first-order chi connectivity index (χ1) is 10.0. The number of halogens is 1. The Bertz CT molecular complexity index is 608. The number of aliphatic hydroxyl groups excluding tert-OH is 1. The van der Waals surface area contributed by atoms with Crippen LogP contribution < -0.4 is 4.74 Å². The molecule has 0 saturated carbocycles. The van der Waals surface area contributed by atoms with Crippen LogP contribution in [0.15, 0.2) is 24.3 Å². The van der Waals surface area contributed by atoms with Gasteiger partial charge in [0.05, 0.1) is 17.5 Å². The number of hydrogen-bond donors (Lipinski definition) is 1. The molecule has 2 aromatic rings. The van der Waals surface area contributed by atoms with Crippen molar-refractivity contribution in [1.82, 2.24) is 9.78 Å². The van der Waals surface area contributed by atoms with Crippen LogP contribution in [0.2, 0.25) is 0 Å². The molecule has 114 valence electrons. The van der Waals surface area contributed by atoms with Crippen molar-refractivity contribution < 1.29 is 14.2 Å². The van der Waals surface area contributed by atoms with Crippen LogP contribution in [0.4, 0.5) is 4.39 Å². The summed E-state index contributed by atoms with van der Waals surface area (Å²) in [5, 5.41) is 14.2. The lowest BCUT2D eigenvalue weighted by Crippen LogP contribution is -2.07. The molecule has 0 aliphatic rings. The molecular weight excluding hydrogens is 271 g/mol. The molecule has 0 bridgehead atoms. The zero-order valence-electron chi connectivity index (χ0n) is 12.6. The van der Waals surface area contributed by atoms with Gasteiger partial charge in [-0.15, -0.1) is 0 Å². The number of aryl methyl sites for hydroxylation is 2. The van der Waals surface area contributed by atoms with Gasteiger partial charge in [-0.25, -0.2) is 4.39 Å². The van der Waals surface area contributed by atoms with Crippen LogP contribution in [-0.2, 0) is 19.6 Å². The Morgan fingerprint density at radius 2 is 2.10 bits per heavy atom. The van der Waals surface area contributed by atoms with Crippen molar-refractivity contribution in [3.63, 3.8) is 0 Å². The number of nitrogens with zero attached hydrogens (tertiary/aromatic N) is 2. The molecule has 0 fully saturated rings. The largest absolute Gasteiger partial charge is 0.487 e. The summed E-state index contributed by atoms with van der Waals surface area (Å²) in [4.78, 5) is 0. The van der Waals surface area contributed by atoms with Crippen molar-refractivity contribution in [1.29, 1.82) is 0 Å². The van der Waals surface area contributed by atoms with Crippen molar-refractivity contribution in [2.45, 2.75) is 46.4 Å². The maximum Gasteiger partial charge on any atom is 0.130 e. The molecule has 2 rings (SSSR count). The summed E-state index contributed by atoms with van der Waals surface area (Å²) in [5.74, 6) is -0.0143. The number of benzene rings is 1. The lowest BCUT2D eigenvalue weighted by atomic mass is 10.1. The van der Waals surface area contributed by atoms with E-state index < -0.39 is 6.10 Å². The lowest BCUT2D eigenvalue weighted by molar-refractivity contribution is 0.189. The molecule has 1 unspecified atom stereocenters. The quantitative estimate of drug-likeness (QED) is 0.889. The summed E-state index contributed by atoms with van der Waals surface area (Å²) in [5.41, 5.74) is 2.52. The van der Waals surface area contributed by atoms with E-state index in [4.69, 9.17) is 4.74 Å². The maximum absolute atomic E-state index is 13.4. The summed E-state index contributed by atoms with van der Waals surface area (Å²) in [6.07, 6.45) is 0.154. The molecule has 1 aromatic carbocycles. The fourth-order valence-corrected chi connectivity index (χ4v) is 2.21. The number of ether oxygens (including phenoxy) is 1. The Kier molecular flexibility index (Phi) is 4.96. The van der Waals surface area contributed by atoms with E-state index in [1.165, 1.54) is 12.1 Å². The van der Waals surface area contributed by atoms with Crippen LogP contribution in [0.3, 0.4) is 0 Å². The van der Waals surface area contributed by atoms with Crippen molar-refractivity contribution >= 4 is 0 Å². The maximum atomic E-state index is 13.4. The van der Waals surface area contributed by atoms with Gasteiger partial charge in [-0.2, -0.15) is 5.10 Å². The summed E-state index contributed by atoms with van der Waals surface area (Å²) in [6, 6.07) is 6.16. The molecule has 1 atom stereocenters. The van der Waals surface area contributed by atoms with Crippen molar-refractivity contribution in [2.75, 3.05) is 0 Å². The van der Waals surface area contributed by atoms with Gasteiger partial charge in [-0.3, -0.25) is 4.68 Å². The highest BCUT2D eigenvalue weighted by molar-refractivity contribution is 5.35. The predicted octanol–water partition coefficient (Wildman–Crippen LogP) is 3.24. The fraction of sp³-hybridized carbons (Fsp3) is 0.438. The fourth-order valence-electron chi connectivity index (χ4n) is 2.21. The van der Waals surface area contributed by atoms with E-state index in [1.807, 2.05) is 24.6 Å². The Morgan fingerprint density at radius 3 is 2.71 bits per heavy atom. The van der Waals surface area contributed by atoms with E-state index in [2.05, 4.69) is 5.10 Å². The average Bonchev–Trinajstić information content (AvgIpc) is 2.87. The molecule has 4 nitrogen and oxygen atoms in total. The van der Waals surface area contributed by atoms with E-state index in [0.717, 1.165) is 24.4 Å². The second-order valence-electron chi connectivity index (χ2n) is 4.94. The van der Waals surface area contributed by atoms with Gasteiger partial charge in [0.25, 0.3) is 0 Å². The molecule has 0 spiro atoms. The van der Waals surface area contributed by atoms with Gasteiger partial charge < -0.3 is 9.84 Å². The molecule has 0 saturated heterocycles. The number of aromatic nitrogens is 2. The number of rotatable bonds is 6. The predicted molar refractivity (Wildman–Crippen MR) is 78.6 cm³/mol. The topological polar surface area (TPSA) is 47.3 Å². The SMILES string of the molecule is CCc1cc(COc2cc(F)ccc2C(C)O)n(CC)n1. The van der Waals surface area contributed by atoms with Gasteiger partial charge in [0, 0.05) is 18.2 Å². The van der Waals surface area contributed by atoms with E-state index in [9.17, 15) is 9.50 Å². The summed E-state index contributed by atoms with van der Waals surface area (Å²) < 4.78 is 20.9. The van der Waals surface area contributed by atoms with E-state index in [0.29, 0.717) is 17.9 Å². The van der Waals surface area contributed by atoms with E-state index in [-0.39, 0.29) is 5.82 Å². The van der Waals surface area contributed by atoms with Gasteiger partial charge in [-0.05, 0) is 38.5 Å². The lowest BCUT2D eigenvalue weighted by Gasteiger charge is -2.14. The minimum Gasteiger partial charge on any atom is -0.487 e. The van der Waals surface area contributed by atoms with Crippen LogP contribution in [0.5, 0.6) is 5.75 Å². The molecule has 5 heteroatoms. The smallest absolute Gasteiger partial charge is 0.130 e. The van der Waals surface area contributed by atoms with E-state index in [1.54, 1.807) is 13.0 Å². The first-order valence-electron chi connectivity index (χ1n) is 7.21. The van der Waals surface area contributed by atoms with Crippen LogP contribution in [0.25, 0.3) is 0 Å². The molecule has 0 aliphatic carbocycles. The molecular formula is C16H21FN2O2. The first-order valence-corrected chi connectivity index (χ1v) is 7.21. The molecule has 1 aromatic heterocycles. The van der Waals surface area contributed by atoms with Crippen LogP contribution in [0, 0.1) is 5.82 Å². The van der Waals surface area contributed by atoms with Gasteiger partial charge in [0.15, 0.2) is 0 Å². The zero-order chi connectivity index (χ0) is 15.4. The minimum absolute atomic E-state index is 0.296. The summed E-state index contributed by atoms with van der Waals surface area (Å²) in [6.45, 7) is 6.74. The Hall–Kier alpha value is -1.88. The minimum atomic E-state index is -0.706. The third-order valence-corrected chi connectivity index (χ3v) is 3.38. The number of aliphatic hydroxyl groups is 1. The highest BCUT2D eigenvalue weighted by atomic mass is 19.1. The standard InChI is InChI=1S/C16H21FN2O2/c1-4-13-9-14(19(5-2)18-13)10-21-16-8-12(17)6-7-15(16)11(3)20/h6-9,11,20H,4-5,10H2,1-3H3. The highest BCUT2D eigenvalue weighted by Crippen LogP contribution is 2.26. The normalized spacial score (nSPS) is 12.4. The van der Waals surface area contributed by atoms with Crippen LogP contribution >= 0.6 is 0 Å². The molecule has 0 aliphatic heterocycles. The molecule has 0 amide bonds. The zero-order valence-corrected chi connectivity index (χ0v) is 12.6. The average molecular weight is 292 g/mol. The highest BCUT2D eigenvalue weighted by Gasteiger charge is 2.12. The molecule has 21 heavy (non-hydrogen) atoms. The summed E-state index contributed by atoms with van der Waals surface area (Å²) >= 11 is 0. The van der Waals surface area contributed by atoms with Gasteiger partial charge in [-0.1, -0.05) is 6.92 Å². The Morgan fingerprint density at radius 1 is 1.33 bits per heavy atom. The second-order valence-corrected chi connectivity index (χ2v) is 4.94. The Labute approximate surface area is 124 Å². The molecule has 0 radical (unpaired) electrons. The van der Waals surface area contributed by atoms with Gasteiger partial charge in [0.2, 0.25) is 0 Å². The van der Waals surface area contributed by atoms with Crippen molar-refractivity contribution in [3.05, 3.63) is 47.0 Å². The van der Waals surface area contributed by atoms with Crippen LogP contribution in [0.1, 0.15) is 43.8 Å². The first kappa shape index (κ1) is 15.5. The van der Waals surface area contributed by atoms with Gasteiger partial charge >= 0.3 is 0 Å². The molecule has 1 heterocycles. The van der Waals surface area contributed by atoms with E-state index >= 15 is 0 Å². The summed E-state index contributed by atoms with van der Waals surface area (Å²) in [7, 11) is 0. The van der Waals surface area contributed by atoms with Crippen LogP contribution in [-0.4, -0.2) is 14.9 Å². The molecule has 1 N–H and O–H groups in total. The van der Waals surface area contributed by atoms with Crippen molar-refractivity contribution in [3.8, 4) is 5.75 Å². The third-order valence-electron chi connectivity index (χ3n) is 3.38. The monoisotopic (exact) mass is 292 g/mol. The number of hydrogen-bond acceptors (Lipinski definition) is 3. The van der Waals surface area contributed by atoms with Gasteiger partial charge in [0.1, 0.15) is 18.2 Å². The second kappa shape index (κ2) is 6.72. The van der Waals surface area contributed by atoms with Crippen molar-refractivity contribution in [2.24, 2.45) is 0 Å². The Balaban J connectivity index is 2.19. The third kappa shape index (κ3) is 3.61.